The van der Waals surface area contributed by atoms with Crippen molar-refractivity contribution in [2.75, 3.05) is 13.2 Å². The van der Waals surface area contributed by atoms with Crippen molar-refractivity contribution in [3.8, 4) is 0 Å². The molecule has 0 radical (unpaired) electrons. The maximum Gasteiger partial charge on any atom is 0.336 e. The van der Waals surface area contributed by atoms with Crippen molar-refractivity contribution < 1.29 is 28.6 Å². The summed E-state index contributed by atoms with van der Waals surface area (Å²) in [6.07, 6.45) is 2.97. The van der Waals surface area contributed by atoms with E-state index in [1.165, 1.54) is 6.08 Å². The molecule has 0 fully saturated rings. The van der Waals surface area contributed by atoms with Crippen molar-refractivity contribution in [1.82, 2.24) is 0 Å². The maximum atomic E-state index is 13.0. The summed E-state index contributed by atoms with van der Waals surface area (Å²) in [5.41, 5.74) is 2.08. The van der Waals surface area contributed by atoms with Crippen molar-refractivity contribution in [2.45, 2.75) is 60.0 Å². The van der Waals surface area contributed by atoms with E-state index < -0.39 is 35.3 Å². The van der Waals surface area contributed by atoms with Gasteiger partial charge in [0.05, 0.1) is 18.8 Å². The highest BCUT2D eigenvalue weighted by Gasteiger charge is 2.43. The van der Waals surface area contributed by atoms with E-state index in [-0.39, 0.29) is 13.2 Å². The number of carbonyl (C=O) groups is 3. The minimum absolute atomic E-state index is 0.190. The average Bonchev–Trinajstić information content (AvgIpc) is 2.71. The van der Waals surface area contributed by atoms with Crippen LogP contribution in [0.2, 0.25) is 0 Å². The number of hydrogen-bond acceptors (Lipinski definition) is 7. The topological polar surface area (TPSA) is 91.3 Å². The van der Waals surface area contributed by atoms with E-state index in [1.807, 2.05) is 24.3 Å². The Kier molecular flexibility index (Phi) is 8.74. The van der Waals surface area contributed by atoms with Crippen LogP contribution in [-0.2, 0) is 28.6 Å². The molecule has 1 aliphatic rings. The number of benzene rings is 1. The minimum Gasteiger partial charge on any atom is -0.465 e. The van der Waals surface area contributed by atoms with Crippen LogP contribution in [0.4, 0.5) is 0 Å². The van der Waals surface area contributed by atoms with Crippen LogP contribution in [0.3, 0.4) is 0 Å². The first-order valence-corrected chi connectivity index (χ1v) is 11.1. The predicted octanol–water partition coefficient (Wildman–Crippen LogP) is 4.62. The van der Waals surface area contributed by atoms with E-state index in [2.05, 4.69) is 4.99 Å². The molecule has 7 heteroatoms. The van der Waals surface area contributed by atoms with Crippen molar-refractivity contribution in [3.63, 3.8) is 0 Å². The second-order valence-electron chi connectivity index (χ2n) is 8.68. The highest BCUT2D eigenvalue weighted by Crippen LogP contribution is 2.41. The Labute approximate surface area is 195 Å². The quantitative estimate of drug-likeness (QED) is 0.339. The molecule has 0 saturated carbocycles. The molecule has 0 amide bonds. The molecule has 0 bridgehead atoms. The Balaban J connectivity index is 2.63. The number of aliphatic imine (C=N–C) groups is 1. The molecule has 2 unspecified atom stereocenters. The molecule has 0 aliphatic carbocycles. The highest BCUT2D eigenvalue weighted by molar-refractivity contribution is 6.07. The molecular formula is C26H33NO6. The van der Waals surface area contributed by atoms with E-state index in [9.17, 15) is 14.4 Å². The van der Waals surface area contributed by atoms with Crippen molar-refractivity contribution in [2.24, 2.45) is 10.9 Å². The lowest BCUT2D eigenvalue weighted by Gasteiger charge is -2.32. The molecule has 2 atom stereocenters. The van der Waals surface area contributed by atoms with Gasteiger partial charge >= 0.3 is 17.9 Å². The number of nitrogens with zero attached hydrogens (tertiary/aromatic N) is 1. The molecule has 1 aliphatic heterocycles. The molecule has 2 rings (SSSR count). The molecule has 0 spiro atoms. The first-order chi connectivity index (χ1) is 15.5. The van der Waals surface area contributed by atoms with E-state index in [1.54, 1.807) is 54.5 Å². The number of carbonyl (C=O) groups excluding carboxylic acids is 3. The fraction of sp³-hybridized carbons (Fsp3) is 0.462. The minimum atomic E-state index is -0.802. The second kappa shape index (κ2) is 11.1. The smallest absolute Gasteiger partial charge is 0.336 e. The first-order valence-electron chi connectivity index (χ1n) is 11.1. The molecule has 1 heterocycles. The zero-order valence-corrected chi connectivity index (χ0v) is 20.4. The van der Waals surface area contributed by atoms with E-state index >= 15 is 0 Å². The lowest BCUT2D eigenvalue weighted by Crippen LogP contribution is -2.37. The highest BCUT2D eigenvalue weighted by atomic mass is 16.6. The molecule has 0 aromatic heterocycles. The Morgan fingerprint density at radius 1 is 1.03 bits per heavy atom. The Bertz CT molecular complexity index is 996. The summed E-state index contributed by atoms with van der Waals surface area (Å²) >= 11 is 0. The summed E-state index contributed by atoms with van der Waals surface area (Å²) in [5.74, 6) is -2.97. The van der Waals surface area contributed by atoms with Gasteiger partial charge in [-0.3, -0.25) is 9.79 Å². The van der Waals surface area contributed by atoms with Gasteiger partial charge < -0.3 is 14.2 Å². The van der Waals surface area contributed by atoms with Crippen LogP contribution in [0.1, 0.15) is 65.5 Å². The van der Waals surface area contributed by atoms with Gasteiger partial charge in [0.15, 0.2) is 0 Å². The van der Waals surface area contributed by atoms with Crippen molar-refractivity contribution in [1.29, 1.82) is 0 Å². The van der Waals surface area contributed by atoms with Crippen LogP contribution in [0, 0.1) is 5.92 Å². The summed E-state index contributed by atoms with van der Waals surface area (Å²) in [7, 11) is 0. The monoisotopic (exact) mass is 455 g/mol. The summed E-state index contributed by atoms with van der Waals surface area (Å²) in [5, 5.41) is 0. The van der Waals surface area contributed by atoms with Crippen LogP contribution < -0.4 is 0 Å². The lowest BCUT2D eigenvalue weighted by atomic mass is 9.74. The van der Waals surface area contributed by atoms with Gasteiger partial charge in [-0.1, -0.05) is 24.3 Å². The zero-order chi connectivity index (χ0) is 24.8. The van der Waals surface area contributed by atoms with Gasteiger partial charge in [0, 0.05) is 23.4 Å². The molecule has 33 heavy (non-hydrogen) atoms. The van der Waals surface area contributed by atoms with Crippen LogP contribution in [0.15, 0.2) is 46.6 Å². The number of allylic oxidation sites excluding steroid dienone is 1. The van der Waals surface area contributed by atoms with E-state index in [0.717, 1.165) is 0 Å². The van der Waals surface area contributed by atoms with Gasteiger partial charge in [-0.2, -0.15) is 0 Å². The third kappa shape index (κ3) is 6.63. The average molecular weight is 456 g/mol. The number of esters is 3. The Morgan fingerprint density at radius 3 is 2.27 bits per heavy atom. The SMILES string of the molecule is CCOC(=O)C1=C(C)N=C(C)C(C(=O)OCC)C1c1ccccc1C=CC(=O)OC(C)(C)C. The van der Waals surface area contributed by atoms with Crippen LogP contribution in [-0.4, -0.2) is 42.4 Å². The standard InChI is InChI=1S/C26H33NO6/c1-8-31-24(29)21-16(3)27-17(4)22(25(30)32-9-2)23(21)19-13-11-10-12-18(19)14-15-20(28)33-26(5,6)7/h10-15,21,23H,8-9H2,1-7H3. The molecule has 0 saturated heterocycles. The molecule has 1 aromatic rings. The summed E-state index contributed by atoms with van der Waals surface area (Å²) in [4.78, 5) is 42.7. The molecular weight excluding hydrogens is 422 g/mol. The van der Waals surface area contributed by atoms with Gasteiger partial charge in [-0.15, -0.1) is 0 Å². The normalized spacial score (nSPS) is 18.7. The largest absolute Gasteiger partial charge is 0.465 e. The molecule has 178 valence electrons. The van der Waals surface area contributed by atoms with Gasteiger partial charge in [0.2, 0.25) is 0 Å². The zero-order valence-electron chi connectivity index (χ0n) is 20.4. The fourth-order valence-corrected chi connectivity index (χ4v) is 3.82. The Morgan fingerprint density at radius 2 is 1.67 bits per heavy atom. The number of rotatable bonds is 7. The van der Waals surface area contributed by atoms with E-state index in [0.29, 0.717) is 28.1 Å². The summed E-state index contributed by atoms with van der Waals surface area (Å²) in [6.45, 7) is 12.7. The van der Waals surface area contributed by atoms with Gasteiger partial charge in [-0.05, 0) is 65.7 Å². The maximum absolute atomic E-state index is 13.0. The Hall–Kier alpha value is -3.22. The number of ether oxygens (including phenoxy) is 3. The van der Waals surface area contributed by atoms with Crippen LogP contribution in [0.5, 0.6) is 0 Å². The van der Waals surface area contributed by atoms with Crippen molar-refractivity contribution in [3.05, 3.63) is 52.7 Å². The molecule has 7 nitrogen and oxygen atoms in total. The summed E-state index contributed by atoms with van der Waals surface area (Å²) < 4.78 is 16.0. The third-order valence-electron chi connectivity index (χ3n) is 5.00. The summed E-state index contributed by atoms with van der Waals surface area (Å²) in [6, 6.07) is 7.29. The van der Waals surface area contributed by atoms with Gasteiger partial charge in [-0.25, -0.2) is 9.59 Å². The number of hydrogen-bond donors (Lipinski definition) is 0. The third-order valence-corrected chi connectivity index (χ3v) is 5.00. The second-order valence-corrected chi connectivity index (χ2v) is 8.68. The van der Waals surface area contributed by atoms with E-state index in [4.69, 9.17) is 14.2 Å². The first kappa shape index (κ1) is 26.0. The van der Waals surface area contributed by atoms with Gasteiger partial charge in [0.1, 0.15) is 11.5 Å². The van der Waals surface area contributed by atoms with Crippen molar-refractivity contribution >= 4 is 29.7 Å². The van der Waals surface area contributed by atoms with Gasteiger partial charge in [0.25, 0.3) is 0 Å². The molecule has 1 aromatic carbocycles. The molecule has 0 N–H and O–H groups in total. The van der Waals surface area contributed by atoms with Crippen LogP contribution >= 0.6 is 0 Å². The fourth-order valence-electron chi connectivity index (χ4n) is 3.82. The predicted molar refractivity (Wildman–Crippen MR) is 127 cm³/mol. The van der Waals surface area contributed by atoms with Crippen LogP contribution in [0.25, 0.3) is 6.08 Å². The lowest BCUT2D eigenvalue weighted by molar-refractivity contribution is -0.149.